The van der Waals surface area contributed by atoms with Gasteiger partial charge in [0, 0.05) is 13.1 Å². The summed E-state index contributed by atoms with van der Waals surface area (Å²) in [5.41, 5.74) is 0.776. The van der Waals surface area contributed by atoms with Crippen LogP contribution in [0.2, 0.25) is 0 Å². The minimum absolute atomic E-state index is 0.303. The van der Waals surface area contributed by atoms with E-state index in [-0.39, 0.29) is 11.9 Å². The molecule has 0 aliphatic rings. The first-order chi connectivity index (χ1) is 7.76. The van der Waals surface area contributed by atoms with Crippen molar-refractivity contribution in [2.45, 2.75) is 32.1 Å². The van der Waals surface area contributed by atoms with Crippen molar-refractivity contribution in [3.63, 3.8) is 0 Å². The predicted molar refractivity (Wildman–Crippen MR) is 66.6 cm³/mol. The second kappa shape index (κ2) is 5.14. The third-order valence-electron chi connectivity index (χ3n) is 2.89. The zero-order chi connectivity index (χ0) is 13.2. The summed E-state index contributed by atoms with van der Waals surface area (Å²) in [6.07, 6.45) is 0. The quantitative estimate of drug-likeness (QED) is 0.833. The van der Waals surface area contributed by atoms with Crippen LogP contribution in [0, 0.1) is 5.82 Å². The fraction of sp³-hybridized carbons (Fsp3) is 0.500. The zero-order valence-corrected chi connectivity index (χ0v) is 11.3. The highest BCUT2D eigenvalue weighted by Gasteiger charge is 2.27. The third kappa shape index (κ3) is 3.04. The largest absolute Gasteiger partial charge is 0.216 e. The van der Waals surface area contributed by atoms with E-state index < -0.39 is 15.3 Å². The Morgan fingerprint density at radius 3 is 2.00 bits per heavy atom. The molecule has 0 saturated heterocycles. The lowest BCUT2D eigenvalue weighted by molar-refractivity contribution is 0.393. The number of halogens is 1. The first-order valence-electron chi connectivity index (χ1n) is 5.49. The molecule has 0 saturated carbocycles. The van der Waals surface area contributed by atoms with Gasteiger partial charge in [-0.3, -0.25) is 0 Å². The Hall–Kier alpha value is -0.940. The summed E-state index contributed by atoms with van der Waals surface area (Å²) in [6.45, 7) is 5.07. The molecule has 0 radical (unpaired) electrons. The van der Waals surface area contributed by atoms with Crippen LogP contribution in [0.3, 0.4) is 0 Å². The highest BCUT2D eigenvalue weighted by atomic mass is 32.2. The molecule has 1 atom stereocenters. The minimum Gasteiger partial charge on any atom is -0.212 e. The average molecular weight is 259 g/mol. The molecule has 0 fully saturated rings. The second-order valence-electron chi connectivity index (χ2n) is 4.34. The average Bonchev–Trinajstić information content (AvgIpc) is 2.27. The highest BCUT2D eigenvalue weighted by Crippen LogP contribution is 2.23. The molecule has 0 aliphatic heterocycles. The van der Waals surface area contributed by atoms with Crippen molar-refractivity contribution in [1.82, 2.24) is 4.31 Å². The van der Waals surface area contributed by atoms with Gasteiger partial charge < -0.3 is 0 Å². The molecule has 1 rings (SSSR count). The summed E-state index contributed by atoms with van der Waals surface area (Å²) in [5, 5.41) is -0.463. The zero-order valence-electron chi connectivity index (χ0n) is 10.5. The maximum absolute atomic E-state index is 12.8. The van der Waals surface area contributed by atoms with Crippen molar-refractivity contribution >= 4 is 10.0 Å². The molecule has 0 aliphatic carbocycles. The molecule has 1 aromatic rings. The Kier molecular flexibility index (Phi) is 4.27. The van der Waals surface area contributed by atoms with Gasteiger partial charge in [-0.1, -0.05) is 12.1 Å². The molecule has 0 heterocycles. The maximum Gasteiger partial charge on any atom is 0.216 e. The van der Waals surface area contributed by atoms with Crippen LogP contribution in [0.5, 0.6) is 0 Å². The Labute approximate surface area is 102 Å². The standard InChI is InChI=1S/C12H18FNO2S/c1-9(2)17(15,16)14(4)10(3)11-5-7-12(13)8-6-11/h5-10H,1-4H3. The van der Waals surface area contributed by atoms with E-state index >= 15 is 0 Å². The van der Waals surface area contributed by atoms with E-state index in [1.54, 1.807) is 40.0 Å². The Balaban J connectivity index is 2.98. The Bertz CT molecular complexity index is 468. The van der Waals surface area contributed by atoms with E-state index in [0.29, 0.717) is 0 Å². The van der Waals surface area contributed by atoms with Gasteiger partial charge in [-0.25, -0.2) is 12.8 Å². The Morgan fingerprint density at radius 1 is 1.12 bits per heavy atom. The first-order valence-corrected chi connectivity index (χ1v) is 6.99. The lowest BCUT2D eigenvalue weighted by Crippen LogP contribution is -2.35. The van der Waals surface area contributed by atoms with Gasteiger partial charge in [0.2, 0.25) is 10.0 Å². The fourth-order valence-electron chi connectivity index (χ4n) is 1.50. The van der Waals surface area contributed by atoms with E-state index in [1.807, 2.05) is 0 Å². The van der Waals surface area contributed by atoms with Gasteiger partial charge in [0.15, 0.2) is 0 Å². The fourth-order valence-corrected chi connectivity index (χ4v) is 2.73. The summed E-state index contributed by atoms with van der Waals surface area (Å²) in [6, 6.07) is 5.57. The van der Waals surface area contributed by atoms with Gasteiger partial charge in [0.25, 0.3) is 0 Å². The lowest BCUT2D eigenvalue weighted by atomic mass is 10.1. The molecule has 96 valence electrons. The summed E-state index contributed by atoms with van der Waals surface area (Å²) in [7, 11) is -1.75. The SMILES string of the molecule is CC(c1ccc(F)cc1)N(C)S(=O)(=O)C(C)C. The number of sulfonamides is 1. The summed E-state index contributed by atoms with van der Waals surface area (Å²) >= 11 is 0. The van der Waals surface area contributed by atoms with Gasteiger partial charge in [0.1, 0.15) is 5.82 Å². The number of benzene rings is 1. The van der Waals surface area contributed by atoms with E-state index in [0.717, 1.165) is 5.56 Å². The molecular weight excluding hydrogens is 241 g/mol. The molecule has 3 nitrogen and oxygen atoms in total. The van der Waals surface area contributed by atoms with Crippen LogP contribution in [-0.2, 0) is 10.0 Å². The summed E-state index contributed by atoms with van der Waals surface area (Å²) in [4.78, 5) is 0. The molecule has 0 spiro atoms. The maximum atomic E-state index is 12.8. The molecule has 0 aromatic heterocycles. The van der Waals surface area contributed by atoms with Crippen LogP contribution in [0.25, 0.3) is 0 Å². The van der Waals surface area contributed by atoms with Gasteiger partial charge in [-0.05, 0) is 38.5 Å². The van der Waals surface area contributed by atoms with Crippen molar-refractivity contribution in [1.29, 1.82) is 0 Å². The van der Waals surface area contributed by atoms with Gasteiger partial charge in [0.05, 0.1) is 5.25 Å². The number of hydrogen-bond acceptors (Lipinski definition) is 2. The Morgan fingerprint density at radius 2 is 1.59 bits per heavy atom. The number of hydrogen-bond donors (Lipinski definition) is 0. The number of rotatable bonds is 4. The second-order valence-corrected chi connectivity index (χ2v) is 6.89. The van der Waals surface area contributed by atoms with Crippen molar-refractivity contribution in [2.75, 3.05) is 7.05 Å². The van der Waals surface area contributed by atoms with Crippen LogP contribution in [0.4, 0.5) is 4.39 Å². The van der Waals surface area contributed by atoms with E-state index in [2.05, 4.69) is 0 Å². The van der Waals surface area contributed by atoms with E-state index in [1.165, 1.54) is 16.4 Å². The van der Waals surface area contributed by atoms with Crippen molar-refractivity contribution in [3.8, 4) is 0 Å². The van der Waals surface area contributed by atoms with Gasteiger partial charge >= 0.3 is 0 Å². The number of nitrogens with zero attached hydrogens (tertiary/aromatic N) is 1. The summed E-state index contributed by atoms with van der Waals surface area (Å²) < 4.78 is 38.0. The minimum atomic E-state index is -3.29. The van der Waals surface area contributed by atoms with E-state index in [4.69, 9.17) is 0 Å². The molecule has 0 N–H and O–H groups in total. The summed E-state index contributed by atoms with van der Waals surface area (Å²) in [5.74, 6) is -0.324. The lowest BCUT2D eigenvalue weighted by Gasteiger charge is -2.26. The van der Waals surface area contributed by atoms with Crippen LogP contribution in [0.15, 0.2) is 24.3 Å². The molecular formula is C12H18FNO2S. The van der Waals surface area contributed by atoms with Crippen LogP contribution in [0.1, 0.15) is 32.4 Å². The third-order valence-corrected chi connectivity index (χ3v) is 5.21. The van der Waals surface area contributed by atoms with Gasteiger partial charge in [-0.2, -0.15) is 4.31 Å². The normalized spacial score (nSPS) is 14.3. The molecule has 1 unspecified atom stereocenters. The molecule has 5 heteroatoms. The van der Waals surface area contributed by atoms with Crippen LogP contribution in [-0.4, -0.2) is 25.0 Å². The van der Waals surface area contributed by atoms with Crippen LogP contribution >= 0.6 is 0 Å². The van der Waals surface area contributed by atoms with Crippen molar-refractivity contribution in [3.05, 3.63) is 35.6 Å². The monoisotopic (exact) mass is 259 g/mol. The molecule has 17 heavy (non-hydrogen) atoms. The van der Waals surface area contributed by atoms with E-state index in [9.17, 15) is 12.8 Å². The first kappa shape index (κ1) is 14.1. The van der Waals surface area contributed by atoms with Crippen LogP contribution < -0.4 is 0 Å². The van der Waals surface area contributed by atoms with Crippen molar-refractivity contribution in [2.24, 2.45) is 0 Å². The molecule has 0 bridgehead atoms. The highest BCUT2D eigenvalue weighted by molar-refractivity contribution is 7.89. The van der Waals surface area contributed by atoms with Crippen molar-refractivity contribution < 1.29 is 12.8 Å². The predicted octanol–water partition coefficient (Wildman–Crippen LogP) is 2.56. The smallest absolute Gasteiger partial charge is 0.212 e. The molecule has 1 aromatic carbocycles. The topological polar surface area (TPSA) is 37.4 Å². The van der Waals surface area contributed by atoms with Gasteiger partial charge in [-0.15, -0.1) is 0 Å². The molecule has 0 amide bonds.